The maximum Gasteiger partial charge on any atom is 0.309 e. The molecule has 9 unspecified atom stereocenters. The third-order valence-electron chi connectivity index (χ3n) is 11.7. The molecule has 1 heterocycles. The molecule has 0 aromatic carbocycles. The highest BCUT2D eigenvalue weighted by Gasteiger charge is 2.73. The lowest BCUT2D eigenvalue weighted by Crippen LogP contribution is -2.61. The maximum absolute atomic E-state index is 12.9. The molecule has 0 aromatic rings. The summed E-state index contributed by atoms with van der Waals surface area (Å²) in [5.74, 6) is 0.837. The van der Waals surface area contributed by atoms with E-state index in [2.05, 4.69) is 60.6 Å². The predicted molar refractivity (Wildman–Crippen MR) is 133 cm³/mol. The summed E-state index contributed by atoms with van der Waals surface area (Å²) in [6.07, 6.45) is 9.76. The first-order valence-electron chi connectivity index (χ1n) is 13.5. The van der Waals surface area contributed by atoms with E-state index < -0.39 is 6.10 Å². The van der Waals surface area contributed by atoms with Crippen molar-refractivity contribution in [1.29, 1.82) is 0 Å². The number of fused-ring (bicyclic) bond motifs is 7. The monoisotopic (exact) mass is 468 g/mol. The second-order valence-electron chi connectivity index (χ2n) is 13.7. The van der Waals surface area contributed by atoms with Crippen LogP contribution >= 0.6 is 0 Å². The minimum Gasteiger partial charge on any atom is -0.462 e. The van der Waals surface area contributed by atoms with Crippen LogP contribution in [0.5, 0.6) is 0 Å². The van der Waals surface area contributed by atoms with Gasteiger partial charge in [-0.2, -0.15) is 0 Å². The van der Waals surface area contributed by atoms with Crippen LogP contribution in [-0.4, -0.2) is 29.1 Å². The highest BCUT2D eigenvalue weighted by atomic mass is 16.6. The van der Waals surface area contributed by atoms with Crippen LogP contribution in [0, 0.1) is 45.3 Å². The van der Waals surface area contributed by atoms with Gasteiger partial charge >= 0.3 is 5.97 Å². The van der Waals surface area contributed by atoms with Crippen molar-refractivity contribution >= 4 is 11.8 Å². The molecule has 188 valence electrons. The van der Waals surface area contributed by atoms with E-state index in [1.165, 1.54) is 11.1 Å². The number of hydrogen-bond donors (Lipinski definition) is 1. The zero-order valence-electron chi connectivity index (χ0n) is 22.2. The van der Waals surface area contributed by atoms with Crippen LogP contribution in [0.1, 0.15) is 93.4 Å². The molecular weight excluding hydrogens is 424 g/mol. The number of carbonyl (C=O) groups excluding carboxylic acids is 2. The highest BCUT2D eigenvalue weighted by Crippen LogP contribution is 2.74. The van der Waals surface area contributed by atoms with E-state index in [-0.39, 0.29) is 51.5 Å². The van der Waals surface area contributed by atoms with E-state index in [0.717, 1.165) is 38.5 Å². The van der Waals surface area contributed by atoms with Crippen molar-refractivity contribution in [2.24, 2.45) is 45.3 Å². The number of rotatable bonds is 3. The Hall–Kier alpha value is -1.42. The van der Waals surface area contributed by atoms with Gasteiger partial charge in [-0.05, 0) is 69.6 Å². The molecule has 4 fully saturated rings. The quantitative estimate of drug-likeness (QED) is 0.406. The van der Waals surface area contributed by atoms with Gasteiger partial charge < -0.3 is 9.84 Å². The largest absolute Gasteiger partial charge is 0.462 e. The van der Waals surface area contributed by atoms with Crippen molar-refractivity contribution in [2.45, 2.75) is 106 Å². The molecule has 4 heteroatoms. The first-order valence-corrected chi connectivity index (χ1v) is 13.5. The first-order chi connectivity index (χ1) is 15.8. The Morgan fingerprint density at radius 1 is 1.18 bits per heavy atom. The molecule has 0 aromatic heterocycles. The lowest BCUT2D eigenvalue weighted by Gasteiger charge is -2.64. The minimum atomic E-state index is -0.480. The Morgan fingerprint density at radius 2 is 1.88 bits per heavy atom. The minimum absolute atomic E-state index is 0.0179. The molecule has 3 saturated carbocycles. The third-order valence-corrected chi connectivity index (χ3v) is 11.7. The van der Waals surface area contributed by atoms with Crippen molar-refractivity contribution < 1.29 is 19.4 Å². The standard InChI is InChI=1S/C30H44O4/c1-17(2)9-8-10-18-25-21(34-26(18)33)16-29(6)19-11-12-22-27(3,4)23(31)13-14-28(22,5)20(19)15-24(32)30(25,29)7/h9,11,18,20-22,24-25,32H,8,10,12-16H2,1-7H3. The summed E-state index contributed by atoms with van der Waals surface area (Å²) in [6, 6.07) is 0. The maximum atomic E-state index is 12.9. The molecule has 5 rings (SSSR count). The average molecular weight is 469 g/mol. The van der Waals surface area contributed by atoms with Gasteiger partial charge in [0.1, 0.15) is 11.9 Å². The number of carbonyl (C=O) groups is 2. The Kier molecular flexibility index (Phi) is 5.39. The molecule has 4 aliphatic carbocycles. The zero-order chi connectivity index (χ0) is 24.8. The molecule has 1 aliphatic heterocycles. The van der Waals surface area contributed by atoms with Crippen LogP contribution in [-0.2, 0) is 14.3 Å². The second-order valence-corrected chi connectivity index (χ2v) is 13.7. The van der Waals surface area contributed by atoms with Gasteiger partial charge in [-0.1, -0.05) is 57.9 Å². The van der Waals surface area contributed by atoms with Gasteiger partial charge in [0, 0.05) is 28.6 Å². The van der Waals surface area contributed by atoms with E-state index in [0.29, 0.717) is 18.1 Å². The highest BCUT2D eigenvalue weighted by molar-refractivity contribution is 5.85. The fourth-order valence-electron chi connectivity index (χ4n) is 9.64. The summed E-state index contributed by atoms with van der Waals surface area (Å²) < 4.78 is 6.04. The summed E-state index contributed by atoms with van der Waals surface area (Å²) in [4.78, 5) is 25.8. The molecule has 0 bridgehead atoms. The number of ketones is 1. The van der Waals surface area contributed by atoms with Crippen LogP contribution in [0.4, 0.5) is 0 Å². The van der Waals surface area contributed by atoms with Crippen molar-refractivity contribution in [1.82, 2.24) is 0 Å². The Morgan fingerprint density at radius 3 is 2.56 bits per heavy atom. The molecule has 1 saturated heterocycles. The van der Waals surface area contributed by atoms with Crippen molar-refractivity contribution in [2.75, 3.05) is 0 Å². The van der Waals surface area contributed by atoms with Crippen molar-refractivity contribution in [3.63, 3.8) is 0 Å². The summed E-state index contributed by atoms with van der Waals surface area (Å²) in [7, 11) is 0. The number of Topliss-reactive ketones (excluding diaryl/α,β-unsaturated/α-hetero) is 1. The lowest BCUT2D eigenvalue weighted by molar-refractivity contribution is -0.156. The zero-order valence-corrected chi connectivity index (χ0v) is 22.2. The van der Waals surface area contributed by atoms with Crippen LogP contribution in [0.2, 0.25) is 0 Å². The SMILES string of the molecule is CC(C)=CCCC1C(=O)OC2CC3(C)C4=CCC5C(C)(C)C(=O)CCC5(C)C4CC(O)C3(C)C21. The van der Waals surface area contributed by atoms with Gasteiger partial charge in [-0.3, -0.25) is 9.59 Å². The molecule has 0 spiro atoms. The lowest BCUT2D eigenvalue weighted by atomic mass is 9.40. The number of esters is 1. The predicted octanol–water partition coefficient (Wildman–Crippen LogP) is 6.03. The first kappa shape index (κ1) is 24.3. The normalized spacial score (nSPS) is 48.8. The topological polar surface area (TPSA) is 63.6 Å². The average Bonchev–Trinajstić information content (AvgIpc) is 3.17. The number of hydrogen-bond acceptors (Lipinski definition) is 4. The van der Waals surface area contributed by atoms with E-state index in [1.807, 2.05) is 0 Å². The van der Waals surface area contributed by atoms with Gasteiger partial charge in [0.05, 0.1) is 12.0 Å². The van der Waals surface area contributed by atoms with Gasteiger partial charge in [0.25, 0.3) is 0 Å². The Balaban J connectivity index is 1.54. The molecule has 1 N–H and O–H groups in total. The van der Waals surface area contributed by atoms with E-state index >= 15 is 0 Å². The molecule has 4 nitrogen and oxygen atoms in total. The van der Waals surface area contributed by atoms with Crippen molar-refractivity contribution in [3.05, 3.63) is 23.3 Å². The molecule has 9 atom stereocenters. The van der Waals surface area contributed by atoms with E-state index in [9.17, 15) is 14.7 Å². The summed E-state index contributed by atoms with van der Waals surface area (Å²) in [5, 5.41) is 11.9. The van der Waals surface area contributed by atoms with Crippen LogP contribution < -0.4 is 0 Å². The van der Waals surface area contributed by atoms with Crippen LogP contribution in [0.15, 0.2) is 23.3 Å². The van der Waals surface area contributed by atoms with E-state index in [4.69, 9.17) is 4.74 Å². The molecule has 0 radical (unpaired) electrons. The van der Waals surface area contributed by atoms with Gasteiger partial charge in [-0.25, -0.2) is 0 Å². The molecule has 0 amide bonds. The fourth-order valence-corrected chi connectivity index (χ4v) is 9.64. The number of aliphatic hydroxyl groups is 1. The Bertz CT molecular complexity index is 970. The molecule has 5 aliphatic rings. The number of ether oxygens (including phenoxy) is 1. The smallest absolute Gasteiger partial charge is 0.309 e. The number of allylic oxidation sites excluding steroid dienone is 4. The van der Waals surface area contributed by atoms with Crippen molar-refractivity contribution in [3.8, 4) is 0 Å². The van der Waals surface area contributed by atoms with Gasteiger partial charge in [-0.15, -0.1) is 0 Å². The molecule has 34 heavy (non-hydrogen) atoms. The summed E-state index contributed by atoms with van der Waals surface area (Å²) in [6.45, 7) is 15.4. The summed E-state index contributed by atoms with van der Waals surface area (Å²) >= 11 is 0. The Labute approximate surface area is 205 Å². The van der Waals surface area contributed by atoms with Gasteiger partial charge in [0.2, 0.25) is 0 Å². The van der Waals surface area contributed by atoms with Crippen LogP contribution in [0.3, 0.4) is 0 Å². The van der Waals surface area contributed by atoms with Crippen LogP contribution in [0.25, 0.3) is 0 Å². The molecular formula is C30H44O4. The number of aliphatic hydroxyl groups excluding tert-OH is 1. The fraction of sp³-hybridized carbons (Fsp3) is 0.800. The second kappa shape index (κ2) is 7.54. The van der Waals surface area contributed by atoms with E-state index in [1.54, 1.807) is 0 Å². The van der Waals surface area contributed by atoms with Gasteiger partial charge in [0.15, 0.2) is 0 Å². The summed E-state index contributed by atoms with van der Waals surface area (Å²) in [5.41, 5.74) is 1.88. The third kappa shape index (κ3) is 2.93.